The molecule has 0 aliphatic heterocycles. The lowest BCUT2D eigenvalue weighted by atomic mass is 9.81. The minimum absolute atomic E-state index is 0.0295. The molecule has 2 aromatic heterocycles. The molecule has 0 bridgehead atoms. The highest BCUT2D eigenvalue weighted by Crippen LogP contribution is 2.48. The molecule has 21 heavy (non-hydrogen) atoms. The van der Waals surface area contributed by atoms with E-state index in [0.717, 1.165) is 29.5 Å². The molecule has 2 aliphatic carbocycles. The lowest BCUT2D eigenvalue weighted by Crippen LogP contribution is -2.18. The molecule has 2 aliphatic rings. The maximum atomic E-state index is 13.6. The molecule has 2 fully saturated rings. The highest BCUT2D eigenvalue weighted by Gasteiger charge is 2.42. The summed E-state index contributed by atoms with van der Waals surface area (Å²) in [4.78, 5) is 4.19. The molecule has 4 rings (SSSR count). The molecule has 2 saturated carbocycles. The number of aromatic nitrogens is 2. The van der Waals surface area contributed by atoms with Gasteiger partial charge in [-0.1, -0.05) is 19.3 Å². The van der Waals surface area contributed by atoms with Gasteiger partial charge in [0.15, 0.2) is 0 Å². The van der Waals surface area contributed by atoms with E-state index < -0.39 is 12.3 Å². The van der Waals surface area contributed by atoms with Crippen molar-refractivity contribution in [2.45, 2.75) is 56.7 Å². The Morgan fingerprint density at radius 1 is 1.29 bits per heavy atom. The zero-order valence-corrected chi connectivity index (χ0v) is 12.1. The molecule has 3 nitrogen and oxygen atoms in total. The number of aliphatic hydroxyl groups is 1. The normalized spacial score (nSPS) is 27.9. The lowest BCUT2D eigenvalue weighted by Gasteiger charge is -2.28. The predicted molar refractivity (Wildman–Crippen MR) is 79.0 cm³/mol. The second kappa shape index (κ2) is 5.09. The SMILES string of the molecule is OC(c1c([C@@H]2C[C@@H]2F)ccn2cncc12)C1CCCCC1. The number of fused-ring (bicyclic) bond motifs is 1. The van der Waals surface area contributed by atoms with Gasteiger partial charge in [0, 0.05) is 17.7 Å². The first-order valence-electron chi connectivity index (χ1n) is 8.02. The molecule has 2 heterocycles. The highest BCUT2D eigenvalue weighted by molar-refractivity contribution is 5.59. The Morgan fingerprint density at radius 2 is 2.05 bits per heavy atom. The number of pyridine rings is 1. The fourth-order valence-electron chi connectivity index (χ4n) is 3.85. The molecule has 4 heteroatoms. The van der Waals surface area contributed by atoms with Crippen LogP contribution in [0.25, 0.3) is 5.52 Å². The molecule has 112 valence electrons. The summed E-state index contributed by atoms with van der Waals surface area (Å²) in [7, 11) is 0. The molecule has 1 N–H and O–H groups in total. The molecule has 0 radical (unpaired) electrons. The van der Waals surface area contributed by atoms with Gasteiger partial charge in [-0.2, -0.15) is 0 Å². The van der Waals surface area contributed by atoms with Crippen molar-refractivity contribution < 1.29 is 9.50 Å². The Kier molecular flexibility index (Phi) is 3.21. The maximum Gasteiger partial charge on any atom is 0.108 e. The van der Waals surface area contributed by atoms with Crippen LogP contribution in [0.4, 0.5) is 4.39 Å². The largest absolute Gasteiger partial charge is 0.388 e. The fraction of sp³-hybridized carbons (Fsp3) is 0.588. The van der Waals surface area contributed by atoms with E-state index in [4.69, 9.17) is 0 Å². The van der Waals surface area contributed by atoms with Gasteiger partial charge < -0.3 is 9.51 Å². The van der Waals surface area contributed by atoms with Gasteiger partial charge in [0.2, 0.25) is 0 Å². The van der Waals surface area contributed by atoms with E-state index >= 15 is 0 Å². The molecular weight excluding hydrogens is 267 g/mol. The maximum absolute atomic E-state index is 13.6. The van der Waals surface area contributed by atoms with Crippen LogP contribution in [0, 0.1) is 5.92 Å². The summed E-state index contributed by atoms with van der Waals surface area (Å²) in [5, 5.41) is 10.9. The summed E-state index contributed by atoms with van der Waals surface area (Å²) in [6, 6.07) is 1.97. The standard InChI is InChI=1S/C17H21FN2O/c18-14-8-13(14)12-6-7-20-10-19-9-15(20)16(12)17(21)11-4-2-1-3-5-11/h6-7,9-11,13-14,17,21H,1-5,8H2/t13-,14-,17?/m0/s1. The van der Waals surface area contributed by atoms with Crippen molar-refractivity contribution in [1.29, 1.82) is 0 Å². The minimum atomic E-state index is -0.743. The molecule has 0 amide bonds. The average Bonchev–Trinajstić information content (AvgIpc) is 3.06. The number of halogens is 1. The Labute approximate surface area is 123 Å². The monoisotopic (exact) mass is 288 g/mol. The Balaban J connectivity index is 1.78. The zero-order chi connectivity index (χ0) is 14.4. The second-order valence-electron chi connectivity index (χ2n) is 6.57. The summed E-state index contributed by atoms with van der Waals surface area (Å²) >= 11 is 0. The van der Waals surface area contributed by atoms with Gasteiger partial charge in [-0.05, 0) is 36.8 Å². The summed E-state index contributed by atoms with van der Waals surface area (Å²) in [6.07, 6.45) is 10.6. The van der Waals surface area contributed by atoms with Crippen LogP contribution in [0.1, 0.15) is 61.7 Å². The minimum Gasteiger partial charge on any atom is -0.388 e. The molecular formula is C17H21FN2O. The molecule has 3 atom stereocenters. The number of imidazole rings is 1. The lowest BCUT2D eigenvalue weighted by molar-refractivity contribution is 0.0849. The van der Waals surface area contributed by atoms with Crippen molar-refractivity contribution in [2.24, 2.45) is 5.92 Å². The summed E-state index contributed by atoms with van der Waals surface area (Å²) < 4.78 is 15.5. The van der Waals surface area contributed by atoms with Crippen molar-refractivity contribution in [2.75, 3.05) is 0 Å². The number of nitrogens with zero attached hydrogens (tertiary/aromatic N) is 2. The zero-order valence-electron chi connectivity index (χ0n) is 12.1. The van der Waals surface area contributed by atoms with E-state index in [9.17, 15) is 9.50 Å². The predicted octanol–water partition coefficient (Wildman–Crippen LogP) is 3.77. The third-order valence-electron chi connectivity index (χ3n) is 5.17. The van der Waals surface area contributed by atoms with Gasteiger partial charge in [0.25, 0.3) is 0 Å². The topological polar surface area (TPSA) is 37.5 Å². The van der Waals surface area contributed by atoms with E-state index in [-0.39, 0.29) is 5.92 Å². The van der Waals surface area contributed by atoms with Crippen LogP contribution < -0.4 is 0 Å². The highest BCUT2D eigenvalue weighted by atomic mass is 19.1. The Morgan fingerprint density at radius 3 is 2.76 bits per heavy atom. The van der Waals surface area contributed by atoms with Crippen molar-refractivity contribution >= 4 is 5.52 Å². The number of hydrogen-bond donors (Lipinski definition) is 1. The third-order valence-corrected chi connectivity index (χ3v) is 5.17. The van der Waals surface area contributed by atoms with Gasteiger partial charge in [-0.15, -0.1) is 0 Å². The smallest absolute Gasteiger partial charge is 0.108 e. The number of hydrogen-bond acceptors (Lipinski definition) is 2. The van der Waals surface area contributed by atoms with E-state index in [1.165, 1.54) is 19.3 Å². The quantitative estimate of drug-likeness (QED) is 0.933. The van der Waals surface area contributed by atoms with E-state index in [1.54, 1.807) is 12.5 Å². The first kappa shape index (κ1) is 13.3. The molecule has 0 saturated heterocycles. The van der Waals surface area contributed by atoms with Crippen molar-refractivity contribution in [3.8, 4) is 0 Å². The van der Waals surface area contributed by atoms with Gasteiger partial charge in [0.1, 0.15) is 6.17 Å². The Hall–Kier alpha value is -1.42. The second-order valence-corrected chi connectivity index (χ2v) is 6.57. The van der Waals surface area contributed by atoms with E-state index in [2.05, 4.69) is 4.98 Å². The van der Waals surface area contributed by atoms with E-state index in [1.807, 2.05) is 16.7 Å². The molecule has 1 unspecified atom stereocenters. The summed E-state index contributed by atoms with van der Waals surface area (Å²) in [6.45, 7) is 0. The van der Waals surface area contributed by atoms with Crippen LogP contribution in [0.3, 0.4) is 0 Å². The van der Waals surface area contributed by atoms with Crippen LogP contribution in [-0.4, -0.2) is 20.7 Å². The van der Waals surface area contributed by atoms with Crippen molar-refractivity contribution in [1.82, 2.24) is 9.38 Å². The van der Waals surface area contributed by atoms with Crippen LogP contribution in [0.2, 0.25) is 0 Å². The summed E-state index contributed by atoms with van der Waals surface area (Å²) in [5.74, 6) is 0.272. The number of rotatable bonds is 3. The molecule has 2 aromatic rings. The number of aliphatic hydroxyl groups excluding tert-OH is 1. The van der Waals surface area contributed by atoms with Gasteiger partial charge in [0.05, 0.1) is 24.1 Å². The van der Waals surface area contributed by atoms with Crippen molar-refractivity contribution in [3.05, 3.63) is 35.9 Å². The van der Waals surface area contributed by atoms with E-state index in [0.29, 0.717) is 12.3 Å². The van der Waals surface area contributed by atoms with Gasteiger partial charge in [-0.25, -0.2) is 9.37 Å². The molecule has 0 spiro atoms. The van der Waals surface area contributed by atoms with Crippen molar-refractivity contribution in [3.63, 3.8) is 0 Å². The third kappa shape index (κ3) is 2.26. The van der Waals surface area contributed by atoms with Crippen LogP contribution in [-0.2, 0) is 0 Å². The van der Waals surface area contributed by atoms with Crippen LogP contribution in [0.5, 0.6) is 0 Å². The Bertz CT molecular complexity index is 647. The van der Waals surface area contributed by atoms with Crippen LogP contribution >= 0.6 is 0 Å². The first-order chi connectivity index (χ1) is 10.3. The first-order valence-corrected chi connectivity index (χ1v) is 8.02. The number of alkyl halides is 1. The van der Waals surface area contributed by atoms with Gasteiger partial charge >= 0.3 is 0 Å². The fourth-order valence-corrected chi connectivity index (χ4v) is 3.85. The average molecular weight is 288 g/mol. The molecule has 0 aromatic carbocycles. The summed E-state index contributed by atoms with van der Waals surface area (Å²) in [5.41, 5.74) is 2.85. The van der Waals surface area contributed by atoms with Crippen LogP contribution in [0.15, 0.2) is 24.8 Å². The van der Waals surface area contributed by atoms with Gasteiger partial charge in [-0.3, -0.25) is 0 Å².